The fourth-order valence-corrected chi connectivity index (χ4v) is 1.89. The van der Waals surface area contributed by atoms with Crippen LogP contribution in [0.1, 0.15) is 10.4 Å². The lowest BCUT2D eigenvalue weighted by Gasteiger charge is -2.09. The Hall–Kier alpha value is -2.56. The summed E-state index contributed by atoms with van der Waals surface area (Å²) in [6.45, 7) is 0.183. The Morgan fingerprint density at radius 3 is 2.55 bits per heavy atom. The summed E-state index contributed by atoms with van der Waals surface area (Å²) in [5.41, 5.74) is 6.37. The smallest absolute Gasteiger partial charge is 0.272 e. The van der Waals surface area contributed by atoms with E-state index < -0.39 is 0 Å². The van der Waals surface area contributed by atoms with Crippen molar-refractivity contribution in [2.45, 2.75) is 6.54 Å². The number of benzene rings is 1. The molecule has 2 rings (SSSR count). The fourth-order valence-electron chi connectivity index (χ4n) is 1.89. The van der Waals surface area contributed by atoms with Gasteiger partial charge in [-0.15, -0.1) is 0 Å². The normalized spacial score (nSPS) is 10.1. The van der Waals surface area contributed by atoms with E-state index in [0.717, 1.165) is 0 Å². The van der Waals surface area contributed by atoms with Crippen LogP contribution in [0, 0.1) is 0 Å². The molecule has 1 heterocycles. The van der Waals surface area contributed by atoms with Crippen LogP contribution in [0.15, 0.2) is 42.6 Å². The molecule has 2 N–H and O–H groups in total. The Morgan fingerprint density at radius 1 is 1.15 bits per heavy atom. The molecule has 0 bridgehead atoms. The van der Waals surface area contributed by atoms with E-state index in [1.54, 1.807) is 42.1 Å². The molecule has 0 aliphatic rings. The van der Waals surface area contributed by atoms with E-state index in [9.17, 15) is 4.79 Å². The number of anilines is 1. The largest absolute Gasteiger partial charge is 0.493 e. The average Bonchev–Trinajstić information content (AvgIpc) is 2.48. The zero-order valence-corrected chi connectivity index (χ0v) is 11.5. The van der Waals surface area contributed by atoms with Gasteiger partial charge in [-0.05, 0) is 24.3 Å². The summed E-state index contributed by atoms with van der Waals surface area (Å²) in [5.74, 6) is 1.62. The van der Waals surface area contributed by atoms with Crippen molar-refractivity contribution in [3.05, 3.63) is 48.2 Å². The molecule has 0 atom stereocenters. The Bertz CT molecular complexity index is 626. The molecule has 1 aromatic heterocycles. The van der Waals surface area contributed by atoms with Crippen molar-refractivity contribution in [1.29, 1.82) is 0 Å². The number of Topliss-reactive ketones (excluding diaryl/α,β-unsaturated/α-hetero) is 1. The van der Waals surface area contributed by atoms with Crippen LogP contribution in [0.5, 0.6) is 11.5 Å². The lowest BCUT2D eigenvalue weighted by Crippen LogP contribution is -2.40. The van der Waals surface area contributed by atoms with Gasteiger partial charge in [0.1, 0.15) is 0 Å². The quantitative estimate of drug-likeness (QED) is 0.661. The van der Waals surface area contributed by atoms with Gasteiger partial charge < -0.3 is 9.47 Å². The first-order chi connectivity index (χ1) is 9.65. The number of aromatic nitrogens is 1. The number of hydrogen-bond donors (Lipinski definition) is 1. The van der Waals surface area contributed by atoms with Crippen LogP contribution in [-0.4, -0.2) is 20.0 Å². The second-order valence-corrected chi connectivity index (χ2v) is 4.25. The predicted octanol–water partition coefficient (Wildman–Crippen LogP) is 1.46. The highest BCUT2D eigenvalue weighted by Crippen LogP contribution is 2.27. The van der Waals surface area contributed by atoms with E-state index in [0.29, 0.717) is 22.9 Å². The molecular formula is C15H17N2O3+. The standard InChI is InChI=1S/C15H16N2O3/c1-19-13-7-6-11(9-14(13)20-2)12(18)10-17-8-4-3-5-15(17)16/h3-9,16H,10H2,1-2H3/p+1. The summed E-state index contributed by atoms with van der Waals surface area (Å²) >= 11 is 0. The first-order valence-electron chi connectivity index (χ1n) is 6.15. The van der Waals surface area contributed by atoms with Gasteiger partial charge in [-0.1, -0.05) is 6.07 Å². The molecule has 0 unspecified atom stereocenters. The van der Waals surface area contributed by atoms with Crippen molar-refractivity contribution in [1.82, 2.24) is 0 Å². The molecule has 5 nitrogen and oxygen atoms in total. The number of ketones is 1. The van der Waals surface area contributed by atoms with E-state index in [1.807, 2.05) is 12.1 Å². The number of carbonyl (C=O) groups excluding carboxylic acids is 1. The highest BCUT2D eigenvalue weighted by atomic mass is 16.5. The van der Waals surface area contributed by atoms with Crippen molar-refractivity contribution in [2.24, 2.45) is 0 Å². The maximum Gasteiger partial charge on any atom is 0.272 e. The summed E-state index contributed by atoms with van der Waals surface area (Å²) in [7, 11) is 3.09. The van der Waals surface area contributed by atoms with Crippen molar-refractivity contribution in [3.8, 4) is 11.5 Å². The zero-order valence-electron chi connectivity index (χ0n) is 11.5. The van der Waals surface area contributed by atoms with E-state index in [2.05, 4.69) is 0 Å². The first kappa shape index (κ1) is 13.9. The Labute approximate surface area is 117 Å². The third-order valence-corrected chi connectivity index (χ3v) is 3.00. The number of ether oxygens (including phenoxy) is 2. The van der Waals surface area contributed by atoms with Gasteiger partial charge in [0.25, 0.3) is 5.82 Å². The Kier molecular flexibility index (Phi) is 4.20. The number of carbonyl (C=O) groups is 1. The molecule has 5 heteroatoms. The van der Waals surface area contributed by atoms with Gasteiger partial charge in [-0.2, -0.15) is 0 Å². The number of nitrogens with two attached hydrogens (primary N) is 1. The van der Waals surface area contributed by atoms with E-state index >= 15 is 0 Å². The average molecular weight is 273 g/mol. The van der Waals surface area contributed by atoms with Gasteiger partial charge in [0, 0.05) is 11.6 Å². The van der Waals surface area contributed by atoms with Crippen LogP contribution in [0.3, 0.4) is 0 Å². The second-order valence-electron chi connectivity index (χ2n) is 4.25. The van der Waals surface area contributed by atoms with Crippen LogP contribution >= 0.6 is 0 Å². The van der Waals surface area contributed by atoms with Gasteiger partial charge in [0.15, 0.2) is 18.0 Å². The molecule has 0 fully saturated rings. The van der Waals surface area contributed by atoms with Crippen LogP contribution in [0.2, 0.25) is 0 Å². The summed E-state index contributed by atoms with van der Waals surface area (Å²) < 4.78 is 12.0. The van der Waals surface area contributed by atoms with Gasteiger partial charge in [-0.3, -0.25) is 10.5 Å². The van der Waals surface area contributed by atoms with Crippen molar-refractivity contribution in [2.75, 3.05) is 20.0 Å². The minimum atomic E-state index is -0.0474. The second kappa shape index (κ2) is 6.06. The number of pyridine rings is 1. The minimum Gasteiger partial charge on any atom is -0.493 e. The Morgan fingerprint density at radius 2 is 1.90 bits per heavy atom. The number of methoxy groups -OCH3 is 2. The minimum absolute atomic E-state index is 0.0474. The molecule has 0 aliphatic heterocycles. The highest BCUT2D eigenvalue weighted by molar-refractivity contribution is 5.95. The third kappa shape index (κ3) is 2.88. The molecule has 20 heavy (non-hydrogen) atoms. The molecule has 104 valence electrons. The molecule has 0 radical (unpaired) electrons. The molecule has 1 aromatic carbocycles. The maximum absolute atomic E-state index is 12.3. The Balaban J connectivity index is 2.24. The summed E-state index contributed by atoms with van der Waals surface area (Å²) in [4.78, 5) is 12.3. The molecule has 0 amide bonds. The van der Waals surface area contributed by atoms with E-state index in [-0.39, 0.29) is 12.3 Å². The molecular weight excluding hydrogens is 256 g/mol. The van der Waals surface area contributed by atoms with Crippen LogP contribution < -0.4 is 19.8 Å². The summed E-state index contributed by atoms with van der Waals surface area (Å²) in [6, 6.07) is 10.5. The molecule has 0 aliphatic carbocycles. The molecule has 0 saturated carbocycles. The molecule has 0 saturated heterocycles. The lowest BCUT2D eigenvalue weighted by molar-refractivity contribution is -0.668. The van der Waals surface area contributed by atoms with Gasteiger partial charge in [0.2, 0.25) is 5.78 Å². The predicted molar refractivity (Wildman–Crippen MR) is 74.9 cm³/mol. The van der Waals surface area contributed by atoms with E-state index in [4.69, 9.17) is 15.2 Å². The number of nitrogen functional groups attached to an aromatic ring is 1. The van der Waals surface area contributed by atoms with Gasteiger partial charge >= 0.3 is 0 Å². The van der Waals surface area contributed by atoms with Crippen LogP contribution in [0.25, 0.3) is 0 Å². The van der Waals surface area contributed by atoms with E-state index in [1.165, 1.54) is 7.11 Å². The van der Waals surface area contributed by atoms with Crippen LogP contribution in [0.4, 0.5) is 5.82 Å². The molecule has 0 spiro atoms. The SMILES string of the molecule is COc1ccc(C(=O)C[n+]2ccccc2N)cc1OC. The lowest BCUT2D eigenvalue weighted by atomic mass is 10.1. The fraction of sp³-hybridized carbons (Fsp3) is 0.200. The third-order valence-electron chi connectivity index (χ3n) is 3.00. The number of rotatable bonds is 5. The van der Waals surface area contributed by atoms with Gasteiger partial charge in [0.05, 0.1) is 20.4 Å². The van der Waals surface area contributed by atoms with Crippen molar-refractivity contribution >= 4 is 11.6 Å². The first-order valence-corrected chi connectivity index (χ1v) is 6.15. The zero-order chi connectivity index (χ0) is 14.5. The maximum atomic E-state index is 12.3. The monoisotopic (exact) mass is 273 g/mol. The molecule has 2 aromatic rings. The summed E-state index contributed by atoms with van der Waals surface area (Å²) in [5, 5.41) is 0. The van der Waals surface area contributed by atoms with Crippen molar-refractivity contribution in [3.63, 3.8) is 0 Å². The van der Waals surface area contributed by atoms with Crippen molar-refractivity contribution < 1.29 is 18.8 Å². The van der Waals surface area contributed by atoms with Crippen LogP contribution in [-0.2, 0) is 6.54 Å². The van der Waals surface area contributed by atoms with Gasteiger partial charge in [-0.25, -0.2) is 4.57 Å². The number of hydrogen-bond acceptors (Lipinski definition) is 4. The topological polar surface area (TPSA) is 65.4 Å². The summed E-state index contributed by atoms with van der Waals surface area (Å²) in [6.07, 6.45) is 1.77. The number of nitrogens with zero attached hydrogens (tertiary/aromatic N) is 1. The highest BCUT2D eigenvalue weighted by Gasteiger charge is 2.14.